The first-order chi connectivity index (χ1) is 11.2. The van der Waals surface area contributed by atoms with E-state index in [0.717, 1.165) is 6.92 Å². The van der Waals surface area contributed by atoms with Crippen LogP contribution in [0.4, 0.5) is 13.2 Å². The molecular weight excluding hydrogens is 337 g/mol. The Morgan fingerprint density at radius 3 is 2.20 bits per heavy atom. The predicted octanol–water partition coefficient (Wildman–Crippen LogP) is 4.12. The lowest BCUT2D eigenvalue weighted by Crippen LogP contribution is -2.53. The molecule has 0 amide bonds. The molecule has 0 heterocycles. The Morgan fingerprint density at radius 1 is 1.20 bits per heavy atom. The van der Waals surface area contributed by atoms with Gasteiger partial charge in [-0.25, -0.2) is 4.79 Å². The summed E-state index contributed by atoms with van der Waals surface area (Å²) in [4.78, 5) is 11.8. The molecule has 1 rings (SSSR count). The zero-order chi connectivity index (χ0) is 19.6. The second kappa shape index (κ2) is 7.17. The molecule has 1 aromatic rings. The van der Waals surface area contributed by atoms with Crippen LogP contribution in [-0.4, -0.2) is 29.0 Å². The number of hydrogen-bond donors (Lipinski definition) is 1. The number of carbonyl (C=O) groups excluding carboxylic acids is 1. The Hall–Kier alpha value is -1.86. The van der Waals surface area contributed by atoms with E-state index in [9.17, 15) is 23.1 Å². The van der Waals surface area contributed by atoms with Gasteiger partial charge < -0.3 is 14.6 Å². The molecule has 2 atom stereocenters. The molecule has 0 saturated heterocycles. The van der Waals surface area contributed by atoms with Crippen LogP contribution in [0.15, 0.2) is 36.4 Å². The van der Waals surface area contributed by atoms with E-state index < -0.39 is 29.5 Å². The molecule has 0 aromatic heterocycles. The first-order valence-electron chi connectivity index (χ1n) is 7.64. The maximum absolute atomic E-state index is 13.0. The summed E-state index contributed by atoms with van der Waals surface area (Å²) in [5.41, 5.74) is -3.75. The molecule has 1 aromatic carbocycles. The molecule has 0 saturated carbocycles. The fourth-order valence-corrected chi connectivity index (χ4v) is 2.09. The van der Waals surface area contributed by atoms with E-state index in [1.54, 1.807) is 18.2 Å². The number of alkyl halides is 3. The molecule has 4 nitrogen and oxygen atoms in total. The van der Waals surface area contributed by atoms with Crippen molar-refractivity contribution in [2.24, 2.45) is 0 Å². The number of rotatable bonds is 6. The van der Waals surface area contributed by atoms with E-state index in [1.807, 2.05) is 0 Å². The van der Waals surface area contributed by atoms with Crippen molar-refractivity contribution in [3.8, 4) is 5.75 Å². The summed E-state index contributed by atoms with van der Waals surface area (Å²) in [5, 5.41) is 9.77. The van der Waals surface area contributed by atoms with Gasteiger partial charge in [0.1, 0.15) is 5.75 Å². The smallest absolute Gasteiger partial charge is 0.419 e. The van der Waals surface area contributed by atoms with Crippen LogP contribution in [0.3, 0.4) is 0 Å². The minimum absolute atomic E-state index is 0.152. The molecule has 0 aliphatic carbocycles. The maximum atomic E-state index is 13.0. The fraction of sp³-hybridized carbons (Fsp3) is 0.500. The Labute approximate surface area is 145 Å². The number of halogens is 3. The molecule has 0 bridgehead atoms. The molecule has 1 N–H and O–H groups in total. The summed E-state index contributed by atoms with van der Waals surface area (Å²) < 4.78 is 49.7. The van der Waals surface area contributed by atoms with Gasteiger partial charge in [0.05, 0.1) is 11.7 Å². The highest BCUT2D eigenvalue weighted by Gasteiger charge is 2.55. The number of benzene rings is 1. The lowest BCUT2D eigenvalue weighted by atomic mass is 9.94. The van der Waals surface area contributed by atoms with Crippen molar-refractivity contribution in [2.45, 2.75) is 58.1 Å². The van der Waals surface area contributed by atoms with Gasteiger partial charge in [0.15, 0.2) is 5.60 Å². The van der Waals surface area contributed by atoms with Gasteiger partial charge in [-0.15, -0.1) is 0 Å². The Morgan fingerprint density at radius 2 is 1.72 bits per heavy atom. The molecule has 140 valence electrons. The van der Waals surface area contributed by atoms with E-state index in [-0.39, 0.29) is 11.3 Å². The predicted molar refractivity (Wildman–Crippen MR) is 87.1 cm³/mol. The summed E-state index contributed by atoms with van der Waals surface area (Å²) in [6.45, 7) is 9.82. The minimum Gasteiger partial charge on any atom is -0.423 e. The van der Waals surface area contributed by atoms with E-state index in [0.29, 0.717) is 12.5 Å². The van der Waals surface area contributed by atoms with Crippen LogP contribution in [0, 0.1) is 0 Å². The third-order valence-electron chi connectivity index (χ3n) is 3.92. The van der Waals surface area contributed by atoms with Crippen molar-refractivity contribution in [1.29, 1.82) is 0 Å². The third-order valence-corrected chi connectivity index (χ3v) is 3.92. The number of aliphatic hydroxyl groups is 1. The number of hydrogen-bond acceptors (Lipinski definition) is 4. The maximum Gasteiger partial charge on any atom is 0.419 e. The largest absolute Gasteiger partial charge is 0.423 e. The van der Waals surface area contributed by atoms with Crippen molar-refractivity contribution < 1.29 is 32.5 Å². The van der Waals surface area contributed by atoms with Crippen LogP contribution in [0.1, 0.15) is 40.2 Å². The Kier molecular flexibility index (Phi) is 6.08. The van der Waals surface area contributed by atoms with Crippen LogP contribution >= 0.6 is 0 Å². The van der Waals surface area contributed by atoms with Crippen LogP contribution in [0.25, 0.3) is 0 Å². The van der Waals surface area contributed by atoms with Gasteiger partial charge in [-0.2, -0.15) is 13.2 Å². The highest BCUT2D eigenvalue weighted by Crippen LogP contribution is 2.39. The monoisotopic (exact) mass is 360 g/mol. The van der Waals surface area contributed by atoms with E-state index in [4.69, 9.17) is 9.47 Å². The molecule has 0 radical (unpaired) electrons. The summed E-state index contributed by atoms with van der Waals surface area (Å²) in [6.07, 6.45) is -6.42. The van der Waals surface area contributed by atoms with E-state index in [1.165, 1.54) is 26.8 Å². The summed E-state index contributed by atoms with van der Waals surface area (Å²) in [5.74, 6) is -0.502. The van der Waals surface area contributed by atoms with Crippen LogP contribution in [0.2, 0.25) is 0 Å². The molecule has 0 aliphatic rings. The van der Waals surface area contributed by atoms with Crippen molar-refractivity contribution in [2.75, 3.05) is 0 Å². The average Bonchev–Trinajstić information content (AvgIpc) is 2.45. The third kappa shape index (κ3) is 4.83. The van der Waals surface area contributed by atoms with Crippen LogP contribution in [0.5, 0.6) is 5.75 Å². The SMILES string of the molecule is C=C(C)C(=O)Oc1ccccc1C(C)(C)OC(C)C(C)(O)C(F)(F)F. The van der Waals surface area contributed by atoms with Gasteiger partial charge in [0, 0.05) is 11.1 Å². The molecule has 0 spiro atoms. The second-order valence-electron chi connectivity index (χ2n) is 6.58. The molecule has 25 heavy (non-hydrogen) atoms. The van der Waals surface area contributed by atoms with Crippen LogP contribution < -0.4 is 4.74 Å². The quantitative estimate of drug-likeness (QED) is 0.471. The van der Waals surface area contributed by atoms with Gasteiger partial charge in [-0.05, 0) is 40.7 Å². The van der Waals surface area contributed by atoms with Gasteiger partial charge in [-0.3, -0.25) is 0 Å². The first-order valence-corrected chi connectivity index (χ1v) is 7.64. The summed E-state index contributed by atoms with van der Waals surface area (Å²) >= 11 is 0. The topological polar surface area (TPSA) is 55.8 Å². The highest BCUT2D eigenvalue weighted by molar-refractivity contribution is 5.89. The zero-order valence-corrected chi connectivity index (χ0v) is 14.9. The fourth-order valence-electron chi connectivity index (χ4n) is 2.09. The van der Waals surface area contributed by atoms with Crippen molar-refractivity contribution in [3.63, 3.8) is 0 Å². The van der Waals surface area contributed by atoms with Crippen molar-refractivity contribution in [3.05, 3.63) is 42.0 Å². The van der Waals surface area contributed by atoms with E-state index in [2.05, 4.69) is 6.58 Å². The molecule has 0 aliphatic heterocycles. The van der Waals surface area contributed by atoms with Crippen LogP contribution in [-0.2, 0) is 15.1 Å². The molecule has 2 unspecified atom stereocenters. The van der Waals surface area contributed by atoms with Gasteiger partial charge in [0.2, 0.25) is 0 Å². The lowest BCUT2D eigenvalue weighted by Gasteiger charge is -2.38. The van der Waals surface area contributed by atoms with Gasteiger partial charge >= 0.3 is 12.1 Å². The number of esters is 1. The lowest BCUT2D eigenvalue weighted by molar-refractivity contribution is -0.298. The summed E-state index contributed by atoms with van der Waals surface area (Å²) in [6, 6.07) is 6.35. The zero-order valence-electron chi connectivity index (χ0n) is 14.9. The Bertz CT molecular complexity index is 648. The Balaban J connectivity index is 3.14. The van der Waals surface area contributed by atoms with E-state index >= 15 is 0 Å². The van der Waals surface area contributed by atoms with Crippen molar-refractivity contribution in [1.82, 2.24) is 0 Å². The number of para-hydroxylation sites is 1. The highest BCUT2D eigenvalue weighted by atomic mass is 19.4. The molecule has 0 fully saturated rings. The summed E-state index contributed by atoms with van der Waals surface area (Å²) in [7, 11) is 0. The second-order valence-corrected chi connectivity index (χ2v) is 6.58. The standard InChI is InChI=1S/C18H23F3O4/c1-11(2)15(22)24-14-10-8-7-9-13(14)16(4,5)25-12(3)17(6,23)18(19,20)21/h7-10,12,23H,1H2,2-6H3. The number of carbonyl (C=O) groups is 1. The molecule has 7 heteroatoms. The van der Waals surface area contributed by atoms with Gasteiger partial charge in [-0.1, -0.05) is 24.8 Å². The number of ether oxygens (including phenoxy) is 2. The molecular formula is C18H23F3O4. The average molecular weight is 360 g/mol. The minimum atomic E-state index is -4.85. The first kappa shape index (κ1) is 21.2. The normalized spacial score (nSPS) is 16.0. The van der Waals surface area contributed by atoms with Crippen molar-refractivity contribution >= 4 is 5.97 Å². The van der Waals surface area contributed by atoms with Gasteiger partial charge in [0.25, 0.3) is 0 Å².